The molecular formula is C20H29N3O. The first kappa shape index (κ1) is 18.2. The zero-order valence-electron chi connectivity index (χ0n) is 15.6. The maximum absolute atomic E-state index is 5.49. The highest BCUT2D eigenvalue weighted by molar-refractivity contribution is 5.68. The predicted octanol–water partition coefficient (Wildman–Crippen LogP) is 4.93. The van der Waals surface area contributed by atoms with Gasteiger partial charge in [0.15, 0.2) is 5.82 Å². The summed E-state index contributed by atoms with van der Waals surface area (Å²) in [6.45, 7) is 9.43. The Morgan fingerprint density at radius 3 is 2.50 bits per heavy atom. The molecule has 2 aromatic rings. The molecule has 0 amide bonds. The minimum atomic E-state index is 0.568. The molecule has 0 aliphatic carbocycles. The molecular weight excluding hydrogens is 298 g/mol. The van der Waals surface area contributed by atoms with Crippen molar-refractivity contribution < 1.29 is 4.74 Å². The summed E-state index contributed by atoms with van der Waals surface area (Å²) in [6.07, 6.45) is 4.38. The summed E-state index contributed by atoms with van der Waals surface area (Å²) in [4.78, 5) is 9.58. The van der Waals surface area contributed by atoms with E-state index in [1.165, 1.54) is 24.0 Å². The SMILES string of the molecule is CCCCCNc1nc(CC)c(-c2ccc(C)cc2C)nc1OC. The van der Waals surface area contributed by atoms with Gasteiger partial charge in [0.2, 0.25) is 0 Å². The normalized spacial score (nSPS) is 10.7. The van der Waals surface area contributed by atoms with Gasteiger partial charge in [-0.1, -0.05) is 50.5 Å². The molecule has 0 fully saturated rings. The Labute approximate surface area is 145 Å². The summed E-state index contributed by atoms with van der Waals surface area (Å²) in [5, 5.41) is 3.38. The van der Waals surface area contributed by atoms with Gasteiger partial charge in [-0.2, -0.15) is 0 Å². The van der Waals surface area contributed by atoms with Crippen LogP contribution in [0.15, 0.2) is 18.2 Å². The van der Waals surface area contributed by atoms with Gasteiger partial charge in [-0.25, -0.2) is 9.97 Å². The number of methoxy groups -OCH3 is 1. The van der Waals surface area contributed by atoms with Crippen LogP contribution in [0.4, 0.5) is 5.82 Å². The lowest BCUT2D eigenvalue weighted by Crippen LogP contribution is -2.09. The molecule has 0 unspecified atom stereocenters. The average Bonchev–Trinajstić information content (AvgIpc) is 2.58. The van der Waals surface area contributed by atoms with Crippen LogP contribution >= 0.6 is 0 Å². The number of aromatic nitrogens is 2. The first-order valence-corrected chi connectivity index (χ1v) is 8.87. The van der Waals surface area contributed by atoms with E-state index in [1.807, 2.05) is 0 Å². The number of nitrogens with zero attached hydrogens (tertiary/aromatic N) is 2. The molecule has 1 N–H and O–H groups in total. The van der Waals surface area contributed by atoms with E-state index in [0.717, 1.165) is 42.2 Å². The number of aryl methyl sites for hydroxylation is 3. The molecule has 4 nitrogen and oxygen atoms in total. The lowest BCUT2D eigenvalue weighted by atomic mass is 10.0. The van der Waals surface area contributed by atoms with Gasteiger partial charge in [-0.3, -0.25) is 0 Å². The predicted molar refractivity (Wildman–Crippen MR) is 101 cm³/mol. The lowest BCUT2D eigenvalue weighted by molar-refractivity contribution is 0.398. The van der Waals surface area contributed by atoms with Crippen molar-refractivity contribution in [2.75, 3.05) is 19.0 Å². The van der Waals surface area contributed by atoms with Crippen LogP contribution in [0.2, 0.25) is 0 Å². The number of benzene rings is 1. The number of hydrogen-bond donors (Lipinski definition) is 1. The van der Waals surface area contributed by atoms with Crippen LogP contribution in [-0.2, 0) is 6.42 Å². The van der Waals surface area contributed by atoms with Gasteiger partial charge in [0, 0.05) is 12.1 Å². The Kier molecular flexibility index (Phi) is 6.59. The number of anilines is 1. The molecule has 0 saturated carbocycles. The van der Waals surface area contributed by atoms with E-state index in [4.69, 9.17) is 14.7 Å². The zero-order valence-corrected chi connectivity index (χ0v) is 15.6. The molecule has 0 aliphatic rings. The molecule has 130 valence electrons. The molecule has 1 heterocycles. The monoisotopic (exact) mass is 327 g/mol. The molecule has 0 saturated heterocycles. The Morgan fingerprint density at radius 1 is 1.08 bits per heavy atom. The third-order valence-corrected chi connectivity index (χ3v) is 4.17. The van der Waals surface area contributed by atoms with Crippen molar-refractivity contribution in [2.24, 2.45) is 0 Å². The van der Waals surface area contributed by atoms with Gasteiger partial charge in [-0.05, 0) is 32.3 Å². The van der Waals surface area contributed by atoms with Crippen LogP contribution in [0, 0.1) is 13.8 Å². The van der Waals surface area contributed by atoms with Crippen molar-refractivity contribution >= 4 is 5.82 Å². The molecule has 4 heteroatoms. The maximum Gasteiger partial charge on any atom is 0.257 e. The van der Waals surface area contributed by atoms with Crippen molar-refractivity contribution in [1.82, 2.24) is 9.97 Å². The van der Waals surface area contributed by atoms with Crippen LogP contribution in [-0.4, -0.2) is 23.6 Å². The highest BCUT2D eigenvalue weighted by Crippen LogP contribution is 2.30. The minimum Gasteiger partial charge on any atom is -0.478 e. The summed E-state index contributed by atoms with van der Waals surface area (Å²) in [5.41, 5.74) is 5.51. The summed E-state index contributed by atoms with van der Waals surface area (Å²) in [7, 11) is 1.65. The van der Waals surface area contributed by atoms with Crippen molar-refractivity contribution in [3.8, 4) is 17.1 Å². The first-order chi connectivity index (χ1) is 11.6. The third-order valence-electron chi connectivity index (χ3n) is 4.17. The van der Waals surface area contributed by atoms with E-state index < -0.39 is 0 Å². The topological polar surface area (TPSA) is 47.0 Å². The highest BCUT2D eigenvalue weighted by Gasteiger charge is 2.16. The first-order valence-electron chi connectivity index (χ1n) is 8.87. The summed E-state index contributed by atoms with van der Waals surface area (Å²) in [6, 6.07) is 6.42. The van der Waals surface area contributed by atoms with E-state index >= 15 is 0 Å². The van der Waals surface area contributed by atoms with E-state index in [0.29, 0.717) is 5.88 Å². The molecule has 0 radical (unpaired) electrons. The van der Waals surface area contributed by atoms with Crippen molar-refractivity contribution in [2.45, 2.75) is 53.4 Å². The largest absolute Gasteiger partial charge is 0.478 e. The minimum absolute atomic E-state index is 0.568. The quantitative estimate of drug-likeness (QED) is 0.698. The summed E-state index contributed by atoms with van der Waals surface area (Å²) < 4.78 is 5.49. The fraction of sp³-hybridized carbons (Fsp3) is 0.500. The van der Waals surface area contributed by atoms with Gasteiger partial charge < -0.3 is 10.1 Å². The smallest absolute Gasteiger partial charge is 0.257 e. The standard InChI is InChI=1S/C20H29N3O/c1-6-8-9-12-21-19-20(24-5)23-18(17(7-2)22-19)16-11-10-14(3)13-15(16)4/h10-11,13H,6-9,12H2,1-5H3,(H,21,22). The van der Waals surface area contributed by atoms with Crippen molar-refractivity contribution in [3.63, 3.8) is 0 Å². The van der Waals surface area contributed by atoms with E-state index in [9.17, 15) is 0 Å². The molecule has 0 atom stereocenters. The van der Waals surface area contributed by atoms with Gasteiger partial charge in [0.1, 0.15) is 0 Å². The molecule has 24 heavy (non-hydrogen) atoms. The molecule has 0 spiro atoms. The molecule has 0 aliphatic heterocycles. The fourth-order valence-corrected chi connectivity index (χ4v) is 2.84. The second-order valence-corrected chi connectivity index (χ2v) is 6.18. The Morgan fingerprint density at radius 2 is 1.88 bits per heavy atom. The molecule has 2 rings (SSSR count). The van der Waals surface area contributed by atoms with Gasteiger partial charge in [-0.15, -0.1) is 0 Å². The Bertz CT molecular complexity index is 683. The van der Waals surface area contributed by atoms with E-state index in [-0.39, 0.29) is 0 Å². The van der Waals surface area contributed by atoms with Gasteiger partial charge >= 0.3 is 0 Å². The maximum atomic E-state index is 5.49. The average molecular weight is 327 g/mol. The summed E-state index contributed by atoms with van der Waals surface area (Å²) >= 11 is 0. The van der Waals surface area contributed by atoms with Gasteiger partial charge in [0.05, 0.1) is 18.5 Å². The number of nitrogens with one attached hydrogen (secondary N) is 1. The number of rotatable bonds is 8. The van der Waals surface area contributed by atoms with E-state index in [2.05, 4.69) is 51.2 Å². The summed E-state index contributed by atoms with van der Waals surface area (Å²) in [5.74, 6) is 1.32. The Hall–Kier alpha value is -2.10. The van der Waals surface area contributed by atoms with Crippen molar-refractivity contribution in [1.29, 1.82) is 0 Å². The highest BCUT2D eigenvalue weighted by atomic mass is 16.5. The second-order valence-electron chi connectivity index (χ2n) is 6.18. The van der Waals surface area contributed by atoms with Gasteiger partial charge in [0.25, 0.3) is 5.88 Å². The number of unbranched alkanes of at least 4 members (excludes halogenated alkanes) is 2. The zero-order chi connectivity index (χ0) is 17.5. The lowest BCUT2D eigenvalue weighted by Gasteiger charge is -2.15. The third kappa shape index (κ3) is 4.25. The van der Waals surface area contributed by atoms with Crippen molar-refractivity contribution in [3.05, 3.63) is 35.0 Å². The van der Waals surface area contributed by atoms with E-state index in [1.54, 1.807) is 7.11 Å². The molecule has 1 aromatic carbocycles. The fourth-order valence-electron chi connectivity index (χ4n) is 2.84. The van der Waals surface area contributed by atoms with Crippen LogP contribution in [0.25, 0.3) is 11.3 Å². The molecule has 1 aromatic heterocycles. The number of hydrogen-bond acceptors (Lipinski definition) is 4. The van der Waals surface area contributed by atoms with Crippen LogP contribution in [0.1, 0.15) is 49.9 Å². The molecule has 0 bridgehead atoms. The van der Waals surface area contributed by atoms with Crippen LogP contribution < -0.4 is 10.1 Å². The number of ether oxygens (including phenoxy) is 1. The Balaban J connectivity index is 2.38. The van der Waals surface area contributed by atoms with Crippen LogP contribution in [0.3, 0.4) is 0 Å². The second kappa shape index (κ2) is 8.67. The van der Waals surface area contributed by atoms with Crippen LogP contribution in [0.5, 0.6) is 5.88 Å².